The van der Waals surface area contributed by atoms with E-state index in [9.17, 15) is 4.79 Å². The number of amides is 1. The van der Waals surface area contributed by atoms with Gasteiger partial charge < -0.3 is 21.8 Å². The van der Waals surface area contributed by atoms with Gasteiger partial charge in [-0.3, -0.25) is 9.78 Å². The third-order valence-electron chi connectivity index (χ3n) is 2.84. The fraction of sp³-hybridized carbons (Fsp3) is 0.214. The molecular formula is C14H18N8O. The third-order valence-corrected chi connectivity index (χ3v) is 2.84. The van der Waals surface area contributed by atoms with Crippen LogP contribution in [0.4, 0.5) is 5.82 Å². The second-order valence-electron chi connectivity index (χ2n) is 4.50. The van der Waals surface area contributed by atoms with E-state index in [0.717, 1.165) is 24.3 Å². The van der Waals surface area contributed by atoms with Crippen molar-refractivity contribution < 1.29 is 4.79 Å². The number of imidazole rings is 1. The van der Waals surface area contributed by atoms with Crippen LogP contribution in [0.3, 0.4) is 0 Å². The summed E-state index contributed by atoms with van der Waals surface area (Å²) in [6.45, 7) is 1.48. The Morgan fingerprint density at radius 1 is 1.30 bits per heavy atom. The molecule has 3 aromatic heterocycles. The lowest BCUT2D eigenvalue weighted by Crippen LogP contribution is -2.10. The van der Waals surface area contributed by atoms with E-state index in [-0.39, 0.29) is 0 Å². The van der Waals surface area contributed by atoms with Gasteiger partial charge in [0, 0.05) is 18.9 Å². The summed E-state index contributed by atoms with van der Waals surface area (Å²) in [6.07, 6.45) is 7.04. The highest BCUT2D eigenvalue weighted by Crippen LogP contribution is 2.13. The smallest absolute Gasteiger partial charge is 0.250 e. The van der Waals surface area contributed by atoms with Crippen molar-refractivity contribution >= 4 is 22.9 Å². The first-order valence-electron chi connectivity index (χ1n) is 7.00. The first kappa shape index (κ1) is 16.3. The Hall–Kier alpha value is -3.07. The van der Waals surface area contributed by atoms with Gasteiger partial charge >= 0.3 is 0 Å². The molecule has 0 fully saturated rings. The predicted molar refractivity (Wildman–Crippen MR) is 86.6 cm³/mol. The minimum atomic E-state index is -0.442. The summed E-state index contributed by atoms with van der Waals surface area (Å²) in [4.78, 5) is 29.2. The standard InChI is InChI=1S/C8H12N6.C6H6N2O/c9-2-1-3-10-7-6-8(12-4-11-6)14-5-13-7;7-6(9)5-2-1-3-8-4-5/h4-5H,1-3,9H2,(H2,10,11,12,13,14);1-4H,(H2,7,9). The van der Waals surface area contributed by atoms with Crippen LogP contribution in [0.5, 0.6) is 0 Å². The Morgan fingerprint density at radius 2 is 2.17 bits per heavy atom. The highest BCUT2D eigenvalue weighted by Gasteiger charge is 2.03. The zero-order valence-electron chi connectivity index (χ0n) is 12.4. The fourth-order valence-electron chi connectivity index (χ4n) is 1.72. The van der Waals surface area contributed by atoms with Crippen LogP contribution in [0, 0.1) is 0 Å². The van der Waals surface area contributed by atoms with Crippen molar-refractivity contribution in [1.82, 2.24) is 24.9 Å². The van der Waals surface area contributed by atoms with Crippen LogP contribution in [-0.2, 0) is 0 Å². The quantitative estimate of drug-likeness (QED) is 0.494. The molecule has 9 heteroatoms. The molecule has 0 radical (unpaired) electrons. The van der Waals surface area contributed by atoms with Gasteiger partial charge in [0.1, 0.15) is 11.8 Å². The van der Waals surface area contributed by atoms with Crippen molar-refractivity contribution in [1.29, 1.82) is 0 Å². The van der Waals surface area contributed by atoms with Crippen LogP contribution in [-0.4, -0.2) is 43.9 Å². The number of nitrogens with one attached hydrogen (secondary N) is 2. The highest BCUT2D eigenvalue weighted by atomic mass is 16.1. The third kappa shape index (κ3) is 4.71. The molecule has 6 N–H and O–H groups in total. The molecular weight excluding hydrogens is 296 g/mol. The van der Waals surface area contributed by atoms with E-state index in [2.05, 4.69) is 30.2 Å². The van der Waals surface area contributed by atoms with Crippen LogP contribution >= 0.6 is 0 Å². The number of rotatable bonds is 5. The second-order valence-corrected chi connectivity index (χ2v) is 4.50. The summed E-state index contributed by atoms with van der Waals surface area (Å²) in [6, 6.07) is 3.29. The van der Waals surface area contributed by atoms with Crippen LogP contribution in [0.25, 0.3) is 11.2 Å². The van der Waals surface area contributed by atoms with Gasteiger partial charge in [0.2, 0.25) is 5.91 Å². The van der Waals surface area contributed by atoms with Gasteiger partial charge in [-0.15, -0.1) is 0 Å². The van der Waals surface area contributed by atoms with Crippen LogP contribution in [0.15, 0.2) is 37.2 Å². The first-order valence-corrected chi connectivity index (χ1v) is 7.00. The number of carbonyl (C=O) groups excluding carboxylic acids is 1. The number of primary amides is 1. The number of fused-ring (bicyclic) bond motifs is 1. The first-order chi connectivity index (χ1) is 11.2. The van der Waals surface area contributed by atoms with Crippen molar-refractivity contribution in [2.24, 2.45) is 11.5 Å². The molecule has 3 heterocycles. The summed E-state index contributed by atoms with van der Waals surface area (Å²) < 4.78 is 0. The average molecular weight is 314 g/mol. The van der Waals surface area contributed by atoms with Gasteiger partial charge in [-0.05, 0) is 25.1 Å². The largest absolute Gasteiger partial charge is 0.368 e. The molecule has 0 bridgehead atoms. The van der Waals surface area contributed by atoms with Gasteiger partial charge in [-0.2, -0.15) is 0 Å². The number of hydrogen-bond donors (Lipinski definition) is 4. The summed E-state index contributed by atoms with van der Waals surface area (Å²) in [5.41, 5.74) is 12.3. The van der Waals surface area contributed by atoms with E-state index in [0.29, 0.717) is 17.8 Å². The monoisotopic (exact) mass is 314 g/mol. The Bertz CT molecular complexity index is 743. The van der Waals surface area contributed by atoms with E-state index < -0.39 is 5.91 Å². The fourth-order valence-corrected chi connectivity index (χ4v) is 1.72. The van der Waals surface area contributed by atoms with E-state index in [1.807, 2.05) is 0 Å². The molecule has 0 saturated heterocycles. The molecule has 23 heavy (non-hydrogen) atoms. The molecule has 0 aliphatic rings. The molecule has 0 aromatic carbocycles. The maximum absolute atomic E-state index is 10.4. The van der Waals surface area contributed by atoms with Crippen molar-refractivity contribution in [3.8, 4) is 0 Å². The SMILES string of the molecule is NC(=O)c1cccnc1.NCCCNc1ncnc2nc[nH]c12. The van der Waals surface area contributed by atoms with Gasteiger partial charge in [0.05, 0.1) is 11.9 Å². The van der Waals surface area contributed by atoms with Crippen molar-refractivity contribution in [2.75, 3.05) is 18.4 Å². The Morgan fingerprint density at radius 3 is 2.83 bits per heavy atom. The van der Waals surface area contributed by atoms with Gasteiger partial charge in [0.25, 0.3) is 0 Å². The van der Waals surface area contributed by atoms with E-state index >= 15 is 0 Å². The zero-order valence-corrected chi connectivity index (χ0v) is 12.4. The number of aromatic nitrogens is 5. The van der Waals surface area contributed by atoms with E-state index in [4.69, 9.17) is 11.5 Å². The number of pyridine rings is 1. The van der Waals surface area contributed by atoms with Gasteiger partial charge in [-0.1, -0.05) is 0 Å². The summed E-state index contributed by atoms with van der Waals surface area (Å²) in [5.74, 6) is 0.337. The maximum atomic E-state index is 10.4. The number of anilines is 1. The molecule has 0 aliphatic heterocycles. The molecule has 0 aliphatic carbocycles. The van der Waals surface area contributed by atoms with Gasteiger partial charge in [-0.25, -0.2) is 15.0 Å². The van der Waals surface area contributed by atoms with E-state index in [1.165, 1.54) is 12.5 Å². The Labute approximate surface area is 132 Å². The van der Waals surface area contributed by atoms with Crippen LogP contribution in [0.1, 0.15) is 16.8 Å². The minimum Gasteiger partial charge on any atom is -0.368 e. The van der Waals surface area contributed by atoms with Crippen LogP contribution in [0.2, 0.25) is 0 Å². The number of nitrogens with zero attached hydrogens (tertiary/aromatic N) is 4. The number of H-pyrrole nitrogens is 1. The number of nitrogens with two attached hydrogens (primary N) is 2. The average Bonchev–Trinajstić information content (AvgIpc) is 3.06. The van der Waals surface area contributed by atoms with Crippen LogP contribution < -0.4 is 16.8 Å². The Balaban J connectivity index is 0.000000185. The maximum Gasteiger partial charge on any atom is 0.250 e. The minimum absolute atomic E-state index is 0.442. The summed E-state index contributed by atoms with van der Waals surface area (Å²) in [7, 11) is 0. The lowest BCUT2D eigenvalue weighted by atomic mass is 10.3. The molecule has 3 aromatic rings. The molecule has 0 unspecified atom stereocenters. The molecule has 0 saturated carbocycles. The lowest BCUT2D eigenvalue weighted by molar-refractivity contribution is 0.1000. The molecule has 0 spiro atoms. The topological polar surface area (TPSA) is 148 Å². The number of aromatic amines is 1. The molecule has 1 amide bonds. The van der Waals surface area contributed by atoms with E-state index in [1.54, 1.807) is 24.7 Å². The molecule has 120 valence electrons. The van der Waals surface area contributed by atoms with Gasteiger partial charge in [0.15, 0.2) is 11.5 Å². The zero-order chi connectivity index (χ0) is 16.5. The number of carbonyl (C=O) groups is 1. The predicted octanol–water partition coefficient (Wildman–Crippen LogP) is 0.294. The van der Waals surface area contributed by atoms with Crippen molar-refractivity contribution in [3.05, 3.63) is 42.7 Å². The van der Waals surface area contributed by atoms with Crippen molar-refractivity contribution in [3.63, 3.8) is 0 Å². The second kappa shape index (κ2) is 8.39. The molecule has 3 rings (SSSR count). The Kier molecular flexibility index (Phi) is 5.95. The lowest BCUT2D eigenvalue weighted by Gasteiger charge is -2.03. The molecule has 9 nitrogen and oxygen atoms in total. The molecule has 0 atom stereocenters. The van der Waals surface area contributed by atoms with Crippen molar-refractivity contribution in [2.45, 2.75) is 6.42 Å². The summed E-state index contributed by atoms with van der Waals surface area (Å²) in [5, 5.41) is 3.17. The number of hydrogen-bond acceptors (Lipinski definition) is 7. The summed E-state index contributed by atoms with van der Waals surface area (Å²) >= 11 is 0. The highest BCUT2D eigenvalue weighted by molar-refractivity contribution is 5.92. The normalized spacial score (nSPS) is 9.96.